The minimum atomic E-state index is -2.94. The highest BCUT2D eigenvalue weighted by Crippen LogP contribution is 2.32. The smallest absolute Gasteiger partial charge is 0.150 e. The molecule has 0 bridgehead atoms. The average molecular weight is 290 g/mol. The third-order valence-corrected chi connectivity index (χ3v) is 6.06. The van der Waals surface area contributed by atoms with Gasteiger partial charge in [0.15, 0.2) is 0 Å². The molecule has 3 nitrogen and oxygen atoms in total. The summed E-state index contributed by atoms with van der Waals surface area (Å²) in [6.45, 7) is 2.20. The number of rotatable bonds is 8. The summed E-state index contributed by atoms with van der Waals surface area (Å²) < 4.78 is 23.2. The van der Waals surface area contributed by atoms with Gasteiger partial charge in [-0.25, -0.2) is 8.42 Å². The van der Waals surface area contributed by atoms with Crippen LogP contribution < -0.4 is 0 Å². The highest BCUT2D eigenvalue weighted by molar-refractivity contribution is 7.91. The van der Waals surface area contributed by atoms with Crippen LogP contribution in [0.15, 0.2) is 0 Å². The zero-order chi connectivity index (χ0) is 14.3. The van der Waals surface area contributed by atoms with Gasteiger partial charge >= 0.3 is 0 Å². The van der Waals surface area contributed by atoms with Gasteiger partial charge in [-0.3, -0.25) is 0 Å². The van der Waals surface area contributed by atoms with Crippen LogP contribution in [0.3, 0.4) is 0 Å². The highest BCUT2D eigenvalue weighted by Gasteiger charge is 2.31. The fourth-order valence-electron chi connectivity index (χ4n) is 3.11. The minimum Gasteiger partial charge on any atom is -0.393 e. The van der Waals surface area contributed by atoms with Crippen LogP contribution in [0.25, 0.3) is 0 Å². The SMILES string of the molecule is CCCCCCCC(O)C1CCCC(S(C)(=O)=O)C1. The van der Waals surface area contributed by atoms with Gasteiger partial charge in [0, 0.05) is 6.26 Å². The summed E-state index contributed by atoms with van der Waals surface area (Å²) in [7, 11) is -2.94. The Hall–Kier alpha value is -0.0900. The predicted molar refractivity (Wildman–Crippen MR) is 80.0 cm³/mol. The Balaban J connectivity index is 2.30. The fourth-order valence-corrected chi connectivity index (χ4v) is 4.30. The van der Waals surface area contributed by atoms with Crippen molar-refractivity contribution in [1.82, 2.24) is 0 Å². The van der Waals surface area contributed by atoms with E-state index in [9.17, 15) is 13.5 Å². The van der Waals surface area contributed by atoms with Gasteiger partial charge in [-0.1, -0.05) is 45.4 Å². The van der Waals surface area contributed by atoms with Crippen LogP contribution in [0, 0.1) is 5.92 Å². The second-order valence-electron chi connectivity index (χ2n) is 6.15. The maximum atomic E-state index is 11.6. The molecule has 1 rings (SSSR count). The molecular formula is C15H30O3S. The highest BCUT2D eigenvalue weighted by atomic mass is 32.2. The minimum absolute atomic E-state index is 0.194. The quantitative estimate of drug-likeness (QED) is 0.698. The number of sulfone groups is 1. The molecule has 0 aromatic carbocycles. The molecule has 3 unspecified atom stereocenters. The third kappa shape index (κ3) is 6.26. The molecule has 3 atom stereocenters. The van der Waals surface area contributed by atoms with E-state index in [1.165, 1.54) is 31.9 Å². The van der Waals surface area contributed by atoms with Crippen LogP contribution in [-0.2, 0) is 9.84 Å². The lowest BCUT2D eigenvalue weighted by molar-refractivity contribution is 0.0756. The van der Waals surface area contributed by atoms with Gasteiger partial charge in [-0.2, -0.15) is 0 Å². The standard InChI is InChI=1S/C15H30O3S/c1-3-4-5-6-7-11-15(16)13-9-8-10-14(12-13)19(2,17)18/h13-16H,3-12H2,1-2H3. The molecule has 1 saturated carbocycles. The molecule has 0 spiro atoms. The van der Waals surface area contributed by atoms with E-state index >= 15 is 0 Å². The molecule has 1 N–H and O–H groups in total. The van der Waals surface area contributed by atoms with E-state index in [2.05, 4.69) is 6.92 Å². The van der Waals surface area contributed by atoms with Crippen molar-refractivity contribution in [3.63, 3.8) is 0 Å². The Bertz CT molecular complexity index is 337. The van der Waals surface area contributed by atoms with Gasteiger partial charge in [-0.15, -0.1) is 0 Å². The summed E-state index contributed by atoms with van der Waals surface area (Å²) in [4.78, 5) is 0. The lowest BCUT2D eigenvalue weighted by atomic mass is 9.83. The van der Waals surface area contributed by atoms with Crippen molar-refractivity contribution in [3.05, 3.63) is 0 Å². The van der Waals surface area contributed by atoms with Crippen molar-refractivity contribution in [3.8, 4) is 0 Å². The van der Waals surface area contributed by atoms with E-state index in [1.807, 2.05) is 0 Å². The summed E-state index contributed by atoms with van der Waals surface area (Å²) in [6, 6.07) is 0. The van der Waals surface area contributed by atoms with E-state index in [1.54, 1.807) is 0 Å². The first-order valence-electron chi connectivity index (χ1n) is 7.82. The summed E-state index contributed by atoms with van der Waals surface area (Å²) in [5, 5.41) is 10.00. The third-order valence-electron chi connectivity index (χ3n) is 4.42. The van der Waals surface area contributed by atoms with Crippen molar-refractivity contribution < 1.29 is 13.5 Å². The summed E-state index contributed by atoms with van der Waals surface area (Å²) in [5.41, 5.74) is 0. The number of unbranched alkanes of at least 4 members (excludes halogenated alkanes) is 4. The second-order valence-corrected chi connectivity index (χ2v) is 8.47. The van der Waals surface area contributed by atoms with Gasteiger partial charge in [0.2, 0.25) is 0 Å². The Kier molecular flexibility index (Phi) is 7.37. The van der Waals surface area contributed by atoms with Crippen LogP contribution in [0.5, 0.6) is 0 Å². The zero-order valence-electron chi connectivity index (χ0n) is 12.5. The molecule has 19 heavy (non-hydrogen) atoms. The molecule has 0 heterocycles. The number of aliphatic hydroxyl groups is 1. The van der Waals surface area contributed by atoms with E-state index in [4.69, 9.17) is 0 Å². The second kappa shape index (κ2) is 8.25. The van der Waals surface area contributed by atoms with Gasteiger partial charge in [0.05, 0.1) is 11.4 Å². The molecule has 0 radical (unpaired) electrons. The lowest BCUT2D eigenvalue weighted by Gasteiger charge is -2.31. The molecule has 114 valence electrons. The van der Waals surface area contributed by atoms with Crippen molar-refractivity contribution in [2.45, 2.75) is 82.5 Å². The van der Waals surface area contributed by atoms with Crippen molar-refractivity contribution >= 4 is 9.84 Å². The molecule has 1 aliphatic carbocycles. The molecule has 1 fully saturated rings. The fraction of sp³-hybridized carbons (Fsp3) is 1.00. The molecular weight excluding hydrogens is 260 g/mol. The van der Waals surface area contributed by atoms with Crippen LogP contribution in [0.1, 0.15) is 71.1 Å². The molecule has 0 aliphatic heterocycles. The summed E-state index contributed by atoms with van der Waals surface area (Å²) in [5.74, 6) is 0.194. The van der Waals surface area contributed by atoms with E-state index in [-0.39, 0.29) is 17.3 Å². The van der Waals surface area contributed by atoms with Crippen molar-refractivity contribution in [2.24, 2.45) is 5.92 Å². The molecule has 0 saturated heterocycles. The van der Waals surface area contributed by atoms with Crippen LogP contribution in [-0.4, -0.2) is 31.1 Å². The number of hydrogen-bond donors (Lipinski definition) is 1. The van der Waals surface area contributed by atoms with Gasteiger partial charge in [0.1, 0.15) is 9.84 Å². The van der Waals surface area contributed by atoms with E-state index in [0.717, 1.165) is 32.1 Å². The normalized spacial score (nSPS) is 26.3. The topological polar surface area (TPSA) is 54.4 Å². The first-order valence-corrected chi connectivity index (χ1v) is 9.77. The zero-order valence-corrected chi connectivity index (χ0v) is 13.3. The maximum Gasteiger partial charge on any atom is 0.150 e. The Morgan fingerprint density at radius 1 is 1.16 bits per heavy atom. The van der Waals surface area contributed by atoms with Gasteiger partial charge in [-0.05, 0) is 31.6 Å². The maximum absolute atomic E-state index is 11.6. The molecule has 4 heteroatoms. The Labute approximate surface area is 118 Å². The summed E-state index contributed by atoms with van der Waals surface area (Å²) in [6.07, 6.45) is 11.3. The monoisotopic (exact) mass is 290 g/mol. The molecule has 1 aliphatic rings. The Morgan fingerprint density at radius 3 is 2.47 bits per heavy atom. The first kappa shape index (κ1) is 17.0. The average Bonchev–Trinajstić information content (AvgIpc) is 2.37. The molecule has 0 aromatic rings. The van der Waals surface area contributed by atoms with Crippen LogP contribution in [0.4, 0.5) is 0 Å². The molecule has 0 amide bonds. The molecule has 0 aromatic heterocycles. The van der Waals surface area contributed by atoms with Gasteiger partial charge < -0.3 is 5.11 Å². The van der Waals surface area contributed by atoms with Crippen molar-refractivity contribution in [2.75, 3.05) is 6.26 Å². The summed E-state index contributed by atoms with van der Waals surface area (Å²) >= 11 is 0. The predicted octanol–water partition coefficient (Wildman–Crippen LogP) is 3.31. The van der Waals surface area contributed by atoms with Crippen LogP contribution in [0.2, 0.25) is 0 Å². The van der Waals surface area contributed by atoms with Crippen LogP contribution >= 0.6 is 0 Å². The van der Waals surface area contributed by atoms with Gasteiger partial charge in [0.25, 0.3) is 0 Å². The largest absolute Gasteiger partial charge is 0.393 e. The number of aliphatic hydroxyl groups excluding tert-OH is 1. The van der Waals surface area contributed by atoms with Crippen molar-refractivity contribution in [1.29, 1.82) is 0 Å². The van der Waals surface area contributed by atoms with E-state index in [0.29, 0.717) is 6.42 Å². The first-order chi connectivity index (χ1) is 8.95. The Morgan fingerprint density at radius 2 is 1.84 bits per heavy atom. The van der Waals surface area contributed by atoms with E-state index < -0.39 is 9.84 Å². The lowest BCUT2D eigenvalue weighted by Crippen LogP contribution is -2.33. The number of hydrogen-bond acceptors (Lipinski definition) is 3.